The molecular weight excluding hydrogens is 324 g/mol. The third kappa shape index (κ3) is 5.17. The fraction of sp³-hybridized carbons (Fsp3) is 0.524. The lowest BCUT2D eigenvalue weighted by molar-refractivity contribution is -0.124. The van der Waals surface area contributed by atoms with Crippen LogP contribution in [0.1, 0.15) is 25.3 Å². The molecule has 1 aliphatic heterocycles. The average molecular weight is 352 g/mol. The molecule has 0 unspecified atom stereocenters. The number of hydrogen-bond donors (Lipinski definition) is 1. The Morgan fingerprint density at radius 3 is 2.50 bits per heavy atom. The summed E-state index contributed by atoms with van der Waals surface area (Å²) in [6.07, 6.45) is 6.44. The number of piperazine rings is 1. The van der Waals surface area contributed by atoms with Crippen LogP contribution in [-0.4, -0.2) is 60.5 Å². The van der Waals surface area contributed by atoms with E-state index in [9.17, 15) is 10.1 Å². The Kier molecular flexibility index (Phi) is 6.08. The van der Waals surface area contributed by atoms with Gasteiger partial charge in [-0.15, -0.1) is 0 Å². The molecule has 1 aromatic rings. The van der Waals surface area contributed by atoms with Crippen molar-refractivity contribution in [2.75, 3.05) is 39.3 Å². The summed E-state index contributed by atoms with van der Waals surface area (Å²) in [4.78, 5) is 16.9. The molecule has 2 aliphatic rings. The van der Waals surface area contributed by atoms with E-state index in [1.807, 2.05) is 25.1 Å². The Labute approximate surface area is 156 Å². The summed E-state index contributed by atoms with van der Waals surface area (Å²) in [5, 5.41) is 12.3. The third-order valence-electron chi connectivity index (χ3n) is 5.33. The van der Waals surface area contributed by atoms with E-state index in [1.54, 1.807) is 0 Å². The van der Waals surface area contributed by atoms with Crippen molar-refractivity contribution >= 4 is 12.0 Å². The van der Waals surface area contributed by atoms with Gasteiger partial charge in [-0.25, -0.2) is 0 Å². The molecule has 2 fully saturated rings. The monoisotopic (exact) mass is 352 g/mol. The van der Waals surface area contributed by atoms with Crippen LogP contribution in [0.5, 0.6) is 0 Å². The molecule has 1 heterocycles. The van der Waals surface area contributed by atoms with Crippen molar-refractivity contribution in [3.63, 3.8) is 0 Å². The van der Waals surface area contributed by atoms with Crippen LogP contribution in [0.2, 0.25) is 0 Å². The van der Waals surface area contributed by atoms with Gasteiger partial charge in [0.25, 0.3) is 0 Å². The predicted octanol–water partition coefficient (Wildman–Crippen LogP) is 2.13. The first-order chi connectivity index (χ1) is 12.6. The zero-order valence-electron chi connectivity index (χ0n) is 15.5. The summed E-state index contributed by atoms with van der Waals surface area (Å²) < 4.78 is 0. The van der Waals surface area contributed by atoms with E-state index < -0.39 is 5.54 Å². The number of carbonyl (C=O) groups excluding carboxylic acids is 1. The zero-order valence-corrected chi connectivity index (χ0v) is 15.5. The molecule has 5 heteroatoms. The van der Waals surface area contributed by atoms with Crippen LogP contribution < -0.4 is 5.32 Å². The highest BCUT2D eigenvalue weighted by molar-refractivity contribution is 5.79. The van der Waals surface area contributed by atoms with Gasteiger partial charge in [-0.05, 0) is 31.2 Å². The van der Waals surface area contributed by atoms with Crippen molar-refractivity contribution in [2.45, 2.75) is 25.3 Å². The smallest absolute Gasteiger partial charge is 0.235 e. The highest BCUT2D eigenvalue weighted by atomic mass is 16.2. The third-order valence-corrected chi connectivity index (χ3v) is 5.33. The number of nitrogens with zero attached hydrogens (tertiary/aromatic N) is 3. The Balaban J connectivity index is 1.38. The normalized spacial score (nSPS) is 21.2. The van der Waals surface area contributed by atoms with E-state index in [1.165, 1.54) is 5.56 Å². The van der Waals surface area contributed by atoms with Gasteiger partial charge in [0.1, 0.15) is 5.54 Å². The summed E-state index contributed by atoms with van der Waals surface area (Å²) >= 11 is 0. The van der Waals surface area contributed by atoms with Crippen LogP contribution in [0.15, 0.2) is 36.4 Å². The number of nitrogens with one attached hydrogen (secondary N) is 1. The van der Waals surface area contributed by atoms with Crippen LogP contribution in [-0.2, 0) is 4.79 Å². The largest absolute Gasteiger partial charge is 0.337 e. The molecule has 3 rings (SSSR count). The first-order valence-corrected chi connectivity index (χ1v) is 9.47. The fourth-order valence-electron chi connectivity index (χ4n) is 3.45. The number of nitriles is 1. The van der Waals surface area contributed by atoms with Crippen LogP contribution in [0.3, 0.4) is 0 Å². The zero-order chi connectivity index (χ0) is 18.4. The van der Waals surface area contributed by atoms with Gasteiger partial charge in [-0.3, -0.25) is 14.6 Å². The molecular formula is C21H28N4O. The number of amides is 1. The quantitative estimate of drug-likeness (QED) is 0.817. The lowest BCUT2D eigenvalue weighted by Gasteiger charge is -2.34. The standard InChI is InChI=1S/C21H28N4O/c1-21(17-22,19-9-10-19)23-20(26)16-25-14-12-24(13-15-25)11-5-8-18-6-3-2-4-7-18/h2-8,19H,9-16H2,1H3,(H,23,26)/b8-5+/t21-/m0/s1. The van der Waals surface area contributed by atoms with Crippen molar-refractivity contribution in [2.24, 2.45) is 5.92 Å². The van der Waals surface area contributed by atoms with Gasteiger partial charge in [0, 0.05) is 32.7 Å². The highest BCUT2D eigenvalue weighted by Crippen LogP contribution is 2.39. The number of carbonyl (C=O) groups is 1. The molecule has 1 saturated heterocycles. The molecule has 0 aromatic heterocycles. The number of rotatable bonds is 7. The predicted molar refractivity (Wildman–Crippen MR) is 103 cm³/mol. The van der Waals surface area contributed by atoms with E-state index in [0.717, 1.165) is 45.6 Å². The first kappa shape index (κ1) is 18.6. The van der Waals surface area contributed by atoms with Gasteiger partial charge in [0.05, 0.1) is 12.6 Å². The van der Waals surface area contributed by atoms with Crippen LogP contribution in [0.4, 0.5) is 0 Å². The molecule has 0 radical (unpaired) electrons. The fourth-order valence-corrected chi connectivity index (χ4v) is 3.45. The molecule has 1 amide bonds. The molecule has 26 heavy (non-hydrogen) atoms. The van der Waals surface area contributed by atoms with Crippen molar-refractivity contribution in [3.05, 3.63) is 42.0 Å². The lowest BCUT2D eigenvalue weighted by atomic mass is 9.98. The van der Waals surface area contributed by atoms with Gasteiger partial charge >= 0.3 is 0 Å². The van der Waals surface area contributed by atoms with Gasteiger partial charge in [-0.1, -0.05) is 42.5 Å². The molecule has 1 aliphatic carbocycles. The molecule has 0 bridgehead atoms. The van der Waals surface area contributed by atoms with E-state index in [-0.39, 0.29) is 5.91 Å². The van der Waals surface area contributed by atoms with Gasteiger partial charge in [0.2, 0.25) is 5.91 Å². The Bertz CT molecular complexity index is 669. The maximum absolute atomic E-state index is 12.3. The van der Waals surface area contributed by atoms with Crippen LogP contribution in [0.25, 0.3) is 6.08 Å². The highest BCUT2D eigenvalue weighted by Gasteiger charge is 2.43. The number of hydrogen-bond acceptors (Lipinski definition) is 4. The first-order valence-electron chi connectivity index (χ1n) is 9.47. The number of benzene rings is 1. The minimum absolute atomic E-state index is 0.0293. The van der Waals surface area contributed by atoms with E-state index in [4.69, 9.17) is 0 Å². The molecule has 0 spiro atoms. The topological polar surface area (TPSA) is 59.4 Å². The summed E-state index contributed by atoms with van der Waals surface area (Å²) in [6, 6.07) is 12.6. The van der Waals surface area contributed by atoms with Crippen LogP contribution in [0, 0.1) is 17.2 Å². The van der Waals surface area contributed by atoms with Gasteiger partial charge in [0.15, 0.2) is 0 Å². The van der Waals surface area contributed by atoms with Crippen molar-refractivity contribution in [1.82, 2.24) is 15.1 Å². The van der Waals surface area contributed by atoms with E-state index in [0.29, 0.717) is 12.5 Å². The summed E-state index contributed by atoms with van der Waals surface area (Å²) in [5.74, 6) is 0.295. The molecule has 1 saturated carbocycles. The second-order valence-corrected chi connectivity index (χ2v) is 7.53. The van der Waals surface area contributed by atoms with Crippen molar-refractivity contribution < 1.29 is 4.79 Å². The van der Waals surface area contributed by atoms with Crippen LogP contribution >= 0.6 is 0 Å². The van der Waals surface area contributed by atoms with E-state index in [2.05, 4.69) is 45.5 Å². The summed E-state index contributed by atoms with van der Waals surface area (Å²) in [6.45, 7) is 6.87. The summed E-state index contributed by atoms with van der Waals surface area (Å²) in [7, 11) is 0. The van der Waals surface area contributed by atoms with Crippen molar-refractivity contribution in [1.29, 1.82) is 5.26 Å². The second kappa shape index (κ2) is 8.48. The summed E-state index contributed by atoms with van der Waals surface area (Å²) in [5.41, 5.74) is 0.528. The minimum atomic E-state index is -0.693. The van der Waals surface area contributed by atoms with Crippen molar-refractivity contribution in [3.8, 4) is 6.07 Å². The minimum Gasteiger partial charge on any atom is -0.337 e. The molecule has 1 atom stereocenters. The Hall–Kier alpha value is -2.16. The van der Waals surface area contributed by atoms with Gasteiger partial charge in [-0.2, -0.15) is 5.26 Å². The Morgan fingerprint density at radius 2 is 1.88 bits per heavy atom. The molecule has 1 N–H and O–H groups in total. The second-order valence-electron chi connectivity index (χ2n) is 7.53. The average Bonchev–Trinajstić information content (AvgIpc) is 3.50. The molecule has 138 valence electrons. The molecule has 1 aromatic carbocycles. The molecule has 5 nitrogen and oxygen atoms in total. The van der Waals surface area contributed by atoms with E-state index >= 15 is 0 Å². The SMILES string of the molecule is C[C@@](C#N)(NC(=O)CN1CCN(C/C=C/c2ccccc2)CC1)C1CC1. The Morgan fingerprint density at radius 1 is 1.23 bits per heavy atom. The maximum Gasteiger partial charge on any atom is 0.235 e. The lowest BCUT2D eigenvalue weighted by Crippen LogP contribution is -2.53. The maximum atomic E-state index is 12.3. The van der Waals surface area contributed by atoms with Gasteiger partial charge < -0.3 is 5.32 Å².